The number of rotatable bonds is 5. The summed E-state index contributed by atoms with van der Waals surface area (Å²) in [4.78, 5) is 37.3. The molecule has 1 saturated carbocycles. The number of furan rings is 1. The maximum absolute atomic E-state index is 12.8. The largest absolute Gasteiger partial charge is 0.481 e. The predicted molar refractivity (Wildman–Crippen MR) is 97.4 cm³/mol. The summed E-state index contributed by atoms with van der Waals surface area (Å²) >= 11 is 0. The van der Waals surface area contributed by atoms with Gasteiger partial charge in [0.25, 0.3) is 5.91 Å². The molecule has 0 radical (unpaired) electrons. The van der Waals surface area contributed by atoms with E-state index < -0.39 is 11.9 Å². The van der Waals surface area contributed by atoms with Gasteiger partial charge in [-0.25, -0.2) is 0 Å². The Morgan fingerprint density at radius 3 is 2.33 bits per heavy atom. The van der Waals surface area contributed by atoms with E-state index in [9.17, 15) is 19.5 Å². The highest BCUT2D eigenvalue weighted by Gasteiger charge is 2.47. The Kier molecular flexibility index (Phi) is 4.34. The third-order valence-corrected chi connectivity index (χ3v) is 5.59. The average Bonchev–Trinajstić information content (AvgIpc) is 3.21. The molecule has 1 N–H and O–H groups in total. The van der Waals surface area contributed by atoms with Crippen LogP contribution in [0.15, 0.2) is 40.8 Å². The van der Waals surface area contributed by atoms with Crippen molar-refractivity contribution in [2.75, 3.05) is 13.1 Å². The molecule has 0 unspecified atom stereocenters. The van der Waals surface area contributed by atoms with Crippen LogP contribution in [0.25, 0.3) is 11.3 Å². The third kappa shape index (κ3) is 3.39. The Hall–Kier alpha value is -2.89. The molecule has 1 amide bonds. The van der Waals surface area contributed by atoms with Crippen LogP contribution in [0, 0.1) is 17.8 Å². The van der Waals surface area contributed by atoms with Gasteiger partial charge in [-0.05, 0) is 43.7 Å². The second-order valence-electron chi connectivity index (χ2n) is 7.45. The van der Waals surface area contributed by atoms with Crippen LogP contribution in [0.4, 0.5) is 0 Å². The molecule has 1 aromatic carbocycles. The minimum atomic E-state index is -0.826. The van der Waals surface area contributed by atoms with E-state index in [1.807, 2.05) is 0 Å². The van der Waals surface area contributed by atoms with Gasteiger partial charge in [0.1, 0.15) is 5.76 Å². The van der Waals surface area contributed by atoms with E-state index in [2.05, 4.69) is 0 Å². The first-order valence-corrected chi connectivity index (χ1v) is 9.17. The zero-order chi connectivity index (χ0) is 19.1. The van der Waals surface area contributed by atoms with Gasteiger partial charge in [0.15, 0.2) is 11.5 Å². The van der Waals surface area contributed by atoms with E-state index in [0.29, 0.717) is 23.8 Å². The fraction of sp³-hybridized carbons (Fsp3) is 0.381. The van der Waals surface area contributed by atoms with Gasteiger partial charge in [-0.1, -0.05) is 24.3 Å². The van der Waals surface area contributed by atoms with Crippen LogP contribution in [-0.2, 0) is 4.79 Å². The van der Waals surface area contributed by atoms with Crippen LogP contribution in [0.3, 0.4) is 0 Å². The number of nitrogens with zero attached hydrogens (tertiary/aromatic N) is 1. The number of amides is 1. The minimum Gasteiger partial charge on any atom is -0.481 e. The van der Waals surface area contributed by atoms with Gasteiger partial charge in [-0.3, -0.25) is 14.4 Å². The summed E-state index contributed by atoms with van der Waals surface area (Å²) in [6.45, 7) is 2.22. The van der Waals surface area contributed by atoms with E-state index in [0.717, 1.165) is 18.4 Å². The van der Waals surface area contributed by atoms with Crippen molar-refractivity contribution in [3.63, 3.8) is 0 Å². The van der Waals surface area contributed by atoms with E-state index in [-0.39, 0.29) is 29.9 Å². The van der Waals surface area contributed by atoms with Gasteiger partial charge in [-0.15, -0.1) is 0 Å². The summed E-state index contributed by atoms with van der Waals surface area (Å²) in [6, 6.07) is 10.3. The molecule has 1 aliphatic carbocycles. The molecule has 4 rings (SSSR count). The summed E-state index contributed by atoms with van der Waals surface area (Å²) < 4.78 is 5.73. The standard InChI is InChI=1S/C21H21NO5/c1-12(23)13-2-6-15(7-3-13)18-8-9-19(27-18)20(24)22-10-16(14-4-5-14)17(11-22)21(25)26/h2-3,6-9,14,16-17H,4-5,10-11H2,1H3,(H,25,26)/t16-,17+/m1/s1. The Morgan fingerprint density at radius 1 is 1.04 bits per heavy atom. The molecule has 0 spiro atoms. The summed E-state index contributed by atoms with van der Waals surface area (Å²) in [5.41, 5.74) is 1.39. The number of benzene rings is 1. The van der Waals surface area contributed by atoms with Gasteiger partial charge < -0.3 is 14.4 Å². The van der Waals surface area contributed by atoms with Gasteiger partial charge in [0.2, 0.25) is 0 Å². The van der Waals surface area contributed by atoms with Crippen molar-refractivity contribution in [3.8, 4) is 11.3 Å². The Labute approximate surface area is 156 Å². The van der Waals surface area contributed by atoms with Crippen LogP contribution in [-0.4, -0.2) is 40.8 Å². The number of carboxylic acid groups (broad SMARTS) is 1. The quantitative estimate of drug-likeness (QED) is 0.819. The van der Waals surface area contributed by atoms with Crippen LogP contribution >= 0.6 is 0 Å². The lowest BCUT2D eigenvalue weighted by Gasteiger charge is -2.14. The maximum atomic E-state index is 12.8. The Bertz CT molecular complexity index is 894. The maximum Gasteiger partial charge on any atom is 0.308 e. The molecular formula is C21H21NO5. The second-order valence-corrected chi connectivity index (χ2v) is 7.45. The molecule has 1 saturated heterocycles. The van der Waals surface area contributed by atoms with Crippen LogP contribution < -0.4 is 0 Å². The van der Waals surface area contributed by atoms with Crippen molar-refractivity contribution in [1.82, 2.24) is 4.90 Å². The summed E-state index contributed by atoms with van der Waals surface area (Å²) in [6.07, 6.45) is 2.11. The monoisotopic (exact) mass is 367 g/mol. The van der Waals surface area contributed by atoms with Crippen molar-refractivity contribution in [3.05, 3.63) is 47.7 Å². The number of carbonyl (C=O) groups is 3. The van der Waals surface area contributed by atoms with E-state index in [4.69, 9.17) is 4.42 Å². The summed E-state index contributed by atoms with van der Waals surface area (Å²) in [5.74, 6) is -0.374. The molecule has 1 aliphatic heterocycles. The third-order valence-electron chi connectivity index (χ3n) is 5.59. The number of carboxylic acids is 1. The van der Waals surface area contributed by atoms with Gasteiger partial charge in [-0.2, -0.15) is 0 Å². The second kappa shape index (κ2) is 6.68. The number of aliphatic carboxylic acids is 1. The number of ketones is 1. The Balaban J connectivity index is 1.50. The van der Waals surface area contributed by atoms with Crippen molar-refractivity contribution in [2.45, 2.75) is 19.8 Å². The molecule has 2 aliphatic rings. The lowest BCUT2D eigenvalue weighted by molar-refractivity contribution is -0.142. The fourth-order valence-corrected chi connectivity index (χ4v) is 3.89. The molecule has 2 fully saturated rings. The van der Waals surface area contributed by atoms with Crippen molar-refractivity contribution in [2.24, 2.45) is 17.8 Å². The van der Waals surface area contributed by atoms with Gasteiger partial charge >= 0.3 is 5.97 Å². The Morgan fingerprint density at radius 2 is 1.74 bits per heavy atom. The highest BCUT2D eigenvalue weighted by Crippen LogP contribution is 2.44. The normalized spacial score (nSPS) is 22.0. The molecule has 2 heterocycles. The van der Waals surface area contributed by atoms with E-state index >= 15 is 0 Å². The zero-order valence-electron chi connectivity index (χ0n) is 15.1. The lowest BCUT2D eigenvalue weighted by Crippen LogP contribution is -2.29. The molecule has 2 aromatic rings. The molecule has 140 valence electrons. The van der Waals surface area contributed by atoms with Crippen LogP contribution in [0.5, 0.6) is 0 Å². The SMILES string of the molecule is CC(=O)c1ccc(-c2ccc(C(=O)N3C[C@H](C(=O)O)[C@@H](C4CC4)C3)o2)cc1. The van der Waals surface area contributed by atoms with Gasteiger partial charge in [0, 0.05) is 24.2 Å². The molecule has 6 nitrogen and oxygen atoms in total. The first kappa shape index (κ1) is 17.5. The lowest BCUT2D eigenvalue weighted by atomic mass is 9.92. The molecule has 2 atom stereocenters. The molecule has 27 heavy (non-hydrogen) atoms. The predicted octanol–water partition coefficient (Wildman–Crippen LogP) is 3.33. The van der Waals surface area contributed by atoms with Crippen molar-refractivity contribution < 1.29 is 23.9 Å². The molecule has 6 heteroatoms. The topological polar surface area (TPSA) is 87.8 Å². The van der Waals surface area contributed by atoms with Gasteiger partial charge in [0.05, 0.1) is 5.92 Å². The molecule has 1 aromatic heterocycles. The van der Waals surface area contributed by atoms with Crippen LogP contribution in [0.1, 0.15) is 40.7 Å². The summed E-state index contributed by atoms with van der Waals surface area (Å²) in [7, 11) is 0. The fourth-order valence-electron chi connectivity index (χ4n) is 3.89. The highest BCUT2D eigenvalue weighted by atomic mass is 16.4. The number of Topliss-reactive ketones (excluding diaryl/α,β-unsaturated/α-hetero) is 1. The summed E-state index contributed by atoms with van der Waals surface area (Å²) in [5, 5.41) is 9.46. The first-order valence-electron chi connectivity index (χ1n) is 9.17. The highest BCUT2D eigenvalue weighted by molar-refractivity contribution is 5.95. The molecular weight excluding hydrogens is 346 g/mol. The molecule has 0 bridgehead atoms. The van der Waals surface area contributed by atoms with Crippen LogP contribution in [0.2, 0.25) is 0 Å². The first-order chi connectivity index (χ1) is 12.9. The van der Waals surface area contributed by atoms with E-state index in [1.54, 1.807) is 41.3 Å². The van der Waals surface area contributed by atoms with E-state index in [1.165, 1.54) is 6.92 Å². The van der Waals surface area contributed by atoms with Crippen molar-refractivity contribution >= 4 is 17.7 Å². The minimum absolute atomic E-state index is 0.0101. The smallest absolute Gasteiger partial charge is 0.308 e. The number of hydrogen-bond donors (Lipinski definition) is 1. The number of hydrogen-bond acceptors (Lipinski definition) is 4. The number of carbonyl (C=O) groups excluding carboxylic acids is 2. The average molecular weight is 367 g/mol. The zero-order valence-corrected chi connectivity index (χ0v) is 15.1. The number of likely N-dealkylation sites (tertiary alicyclic amines) is 1. The van der Waals surface area contributed by atoms with Crippen molar-refractivity contribution in [1.29, 1.82) is 0 Å².